The van der Waals surface area contributed by atoms with Gasteiger partial charge in [0.2, 0.25) is 0 Å². The molecule has 23 heavy (non-hydrogen) atoms. The third kappa shape index (κ3) is 5.34. The number of rotatable bonds is 7. The van der Waals surface area contributed by atoms with Crippen molar-refractivity contribution in [3.05, 3.63) is 54.1 Å². The molecule has 0 aliphatic carbocycles. The largest absolute Gasteiger partial charge is 0.384 e. The first-order valence-corrected chi connectivity index (χ1v) is 7.47. The minimum absolute atomic E-state index is 0.144. The van der Waals surface area contributed by atoms with E-state index in [-0.39, 0.29) is 11.4 Å². The second-order valence-corrected chi connectivity index (χ2v) is 5.45. The summed E-state index contributed by atoms with van der Waals surface area (Å²) in [7, 11) is 4.06. The first kappa shape index (κ1) is 16.9. The summed E-state index contributed by atoms with van der Waals surface area (Å²) in [6.45, 7) is 1.84. The van der Waals surface area contributed by atoms with Crippen LogP contribution in [0.4, 0.5) is 15.8 Å². The van der Waals surface area contributed by atoms with Crippen LogP contribution in [0.1, 0.15) is 16.9 Å². The van der Waals surface area contributed by atoms with Gasteiger partial charge in [-0.15, -0.1) is 0 Å². The van der Waals surface area contributed by atoms with Gasteiger partial charge in [0.25, 0.3) is 5.91 Å². The first-order valence-electron chi connectivity index (χ1n) is 7.47. The van der Waals surface area contributed by atoms with Gasteiger partial charge in [0, 0.05) is 6.54 Å². The molecule has 0 aliphatic heterocycles. The Morgan fingerprint density at radius 3 is 2.65 bits per heavy atom. The van der Waals surface area contributed by atoms with Crippen LogP contribution >= 0.6 is 0 Å². The summed E-state index contributed by atoms with van der Waals surface area (Å²) in [5, 5.41) is 5.75. The van der Waals surface area contributed by atoms with Gasteiger partial charge in [0.05, 0.1) is 17.6 Å². The number of pyridine rings is 1. The fourth-order valence-electron chi connectivity index (χ4n) is 2.01. The summed E-state index contributed by atoms with van der Waals surface area (Å²) < 4.78 is 13.5. The van der Waals surface area contributed by atoms with E-state index in [2.05, 4.69) is 20.5 Å². The van der Waals surface area contributed by atoms with Crippen LogP contribution in [0.3, 0.4) is 0 Å². The van der Waals surface area contributed by atoms with Gasteiger partial charge in [-0.05, 0) is 51.3 Å². The SMILES string of the molecule is CN(C)CCCNc1ccc(C(=O)Nc2ccccc2F)nc1. The number of carbonyl (C=O) groups excluding carboxylic acids is 1. The number of nitrogens with one attached hydrogen (secondary N) is 2. The maximum Gasteiger partial charge on any atom is 0.274 e. The third-order valence-corrected chi connectivity index (χ3v) is 3.23. The van der Waals surface area contributed by atoms with E-state index in [1.807, 2.05) is 14.1 Å². The van der Waals surface area contributed by atoms with E-state index in [4.69, 9.17) is 0 Å². The summed E-state index contributed by atoms with van der Waals surface area (Å²) >= 11 is 0. The van der Waals surface area contributed by atoms with Crippen molar-refractivity contribution in [2.75, 3.05) is 37.8 Å². The maximum absolute atomic E-state index is 13.5. The minimum atomic E-state index is -0.472. The third-order valence-electron chi connectivity index (χ3n) is 3.23. The van der Waals surface area contributed by atoms with Crippen LogP contribution in [0, 0.1) is 5.82 Å². The number of amides is 1. The van der Waals surface area contributed by atoms with E-state index < -0.39 is 11.7 Å². The fraction of sp³-hybridized carbons (Fsp3) is 0.294. The topological polar surface area (TPSA) is 57.3 Å². The van der Waals surface area contributed by atoms with E-state index in [0.717, 1.165) is 25.2 Å². The molecule has 6 heteroatoms. The summed E-state index contributed by atoms with van der Waals surface area (Å²) in [4.78, 5) is 18.3. The Bertz CT molecular complexity index is 643. The lowest BCUT2D eigenvalue weighted by Crippen LogP contribution is -2.17. The number of para-hydroxylation sites is 1. The number of hydrogen-bond acceptors (Lipinski definition) is 4. The van der Waals surface area contributed by atoms with Crippen molar-refractivity contribution >= 4 is 17.3 Å². The van der Waals surface area contributed by atoms with Crippen LogP contribution in [0.15, 0.2) is 42.6 Å². The zero-order chi connectivity index (χ0) is 16.7. The minimum Gasteiger partial charge on any atom is -0.384 e. The Morgan fingerprint density at radius 1 is 1.22 bits per heavy atom. The van der Waals surface area contributed by atoms with Gasteiger partial charge in [-0.3, -0.25) is 4.79 Å². The van der Waals surface area contributed by atoms with Gasteiger partial charge >= 0.3 is 0 Å². The van der Waals surface area contributed by atoms with E-state index >= 15 is 0 Å². The monoisotopic (exact) mass is 316 g/mol. The van der Waals surface area contributed by atoms with Crippen molar-refractivity contribution in [2.24, 2.45) is 0 Å². The highest BCUT2D eigenvalue weighted by Gasteiger charge is 2.10. The van der Waals surface area contributed by atoms with Crippen molar-refractivity contribution in [3.8, 4) is 0 Å². The summed E-state index contributed by atoms with van der Waals surface area (Å²) in [5.41, 5.74) is 1.24. The molecule has 0 radical (unpaired) electrons. The fourth-order valence-corrected chi connectivity index (χ4v) is 2.01. The molecule has 122 valence electrons. The number of anilines is 2. The number of hydrogen-bond donors (Lipinski definition) is 2. The highest BCUT2D eigenvalue weighted by molar-refractivity contribution is 6.03. The molecular formula is C17H21FN4O. The molecule has 1 aromatic heterocycles. The lowest BCUT2D eigenvalue weighted by Gasteiger charge is -2.11. The Kier molecular flexibility index (Phi) is 6.05. The molecule has 0 bridgehead atoms. The molecule has 0 atom stereocenters. The summed E-state index contributed by atoms with van der Waals surface area (Å²) in [6, 6.07) is 9.44. The van der Waals surface area contributed by atoms with Gasteiger partial charge in [-0.2, -0.15) is 0 Å². The molecule has 1 amide bonds. The Hall–Kier alpha value is -2.47. The molecule has 0 spiro atoms. The first-order chi connectivity index (χ1) is 11.1. The van der Waals surface area contributed by atoms with Gasteiger partial charge in [-0.1, -0.05) is 12.1 Å². The predicted octanol–water partition coefficient (Wildman–Crippen LogP) is 2.84. The lowest BCUT2D eigenvalue weighted by molar-refractivity contribution is 0.102. The van der Waals surface area contributed by atoms with Crippen LogP contribution in [0.25, 0.3) is 0 Å². The average Bonchev–Trinajstić information content (AvgIpc) is 2.54. The van der Waals surface area contributed by atoms with Crippen LogP contribution < -0.4 is 10.6 Å². The molecule has 0 unspecified atom stereocenters. The van der Waals surface area contributed by atoms with E-state index in [1.54, 1.807) is 30.5 Å². The standard InChI is InChI=1S/C17H21FN4O/c1-22(2)11-5-10-19-13-8-9-16(20-12-13)17(23)21-15-7-4-3-6-14(15)18/h3-4,6-9,12,19H,5,10-11H2,1-2H3,(H,21,23). The zero-order valence-corrected chi connectivity index (χ0v) is 13.3. The van der Waals surface area contributed by atoms with Crippen LogP contribution in [-0.2, 0) is 0 Å². The molecule has 0 saturated carbocycles. The molecule has 2 aromatic rings. The summed E-state index contributed by atoms with van der Waals surface area (Å²) in [5.74, 6) is -0.908. The predicted molar refractivity (Wildman–Crippen MR) is 90.3 cm³/mol. The number of carbonyl (C=O) groups is 1. The average molecular weight is 316 g/mol. The van der Waals surface area contributed by atoms with E-state index in [9.17, 15) is 9.18 Å². The smallest absolute Gasteiger partial charge is 0.274 e. The van der Waals surface area contributed by atoms with Gasteiger partial charge in [-0.25, -0.2) is 9.37 Å². The maximum atomic E-state index is 13.5. The quantitative estimate of drug-likeness (QED) is 0.771. The van der Waals surface area contributed by atoms with Crippen molar-refractivity contribution in [1.82, 2.24) is 9.88 Å². The Labute approximate surface area is 135 Å². The Balaban J connectivity index is 1.89. The number of aromatic nitrogens is 1. The molecule has 1 heterocycles. The second-order valence-electron chi connectivity index (χ2n) is 5.45. The van der Waals surface area contributed by atoms with Crippen LogP contribution in [0.2, 0.25) is 0 Å². The second kappa shape index (κ2) is 8.24. The van der Waals surface area contributed by atoms with Crippen LogP contribution in [0.5, 0.6) is 0 Å². The number of benzene rings is 1. The molecule has 0 fully saturated rings. The molecule has 5 nitrogen and oxygen atoms in total. The van der Waals surface area contributed by atoms with Gasteiger partial charge in [0.1, 0.15) is 11.5 Å². The van der Waals surface area contributed by atoms with Gasteiger partial charge < -0.3 is 15.5 Å². The van der Waals surface area contributed by atoms with E-state index in [0.29, 0.717) is 0 Å². The normalized spacial score (nSPS) is 10.6. The van der Waals surface area contributed by atoms with Crippen molar-refractivity contribution in [1.29, 1.82) is 0 Å². The summed E-state index contributed by atoms with van der Waals surface area (Å²) in [6.07, 6.45) is 2.62. The lowest BCUT2D eigenvalue weighted by atomic mass is 10.2. The van der Waals surface area contributed by atoms with Crippen molar-refractivity contribution in [3.63, 3.8) is 0 Å². The molecule has 1 aromatic carbocycles. The molecule has 2 N–H and O–H groups in total. The zero-order valence-electron chi connectivity index (χ0n) is 13.3. The number of nitrogens with zero attached hydrogens (tertiary/aromatic N) is 2. The Morgan fingerprint density at radius 2 is 2.00 bits per heavy atom. The van der Waals surface area contributed by atoms with E-state index in [1.165, 1.54) is 12.1 Å². The molecule has 0 aliphatic rings. The highest BCUT2D eigenvalue weighted by Crippen LogP contribution is 2.14. The van der Waals surface area contributed by atoms with Gasteiger partial charge in [0.15, 0.2) is 0 Å². The molecule has 0 saturated heterocycles. The molecular weight excluding hydrogens is 295 g/mol. The van der Waals surface area contributed by atoms with Crippen molar-refractivity contribution in [2.45, 2.75) is 6.42 Å². The number of halogens is 1. The molecule has 2 rings (SSSR count). The van der Waals surface area contributed by atoms with Crippen molar-refractivity contribution < 1.29 is 9.18 Å². The highest BCUT2D eigenvalue weighted by atomic mass is 19.1. The van der Waals surface area contributed by atoms with Crippen LogP contribution in [-0.4, -0.2) is 43.0 Å².